The molecule has 2 aromatic rings. The average Bonchev–Trinajstić information content (AvgIpc) is 2.78. The van der Waals surface area contributed by atoms with Gasteiger partial charge in [0, 0.05) is 45.0 Å². The monoisotopic (exact) mass is 554 g/mol. The number of anilines is 1. The Morgan fingerprint density at radius 1 is 1.19 bits per heavy atom. The van der Waals surface area contributed by atoms with Crippen LogP contribution in [0.3, 0.4) is 0 Å². The molecule has 1 unspecified atom stereocenters. The van der Waals surface area contributed by atoms with Crippen LogP contribution in [-0.2, 0) is 17.8 Å². The zero-order valence-electron chi connectivity index (χ0n) is 19.4. The number of hydrogen-bond acceptors (Lipinski definition) is 5. The highest BCUT2D eigenvalue weighted by molar-refractivity contribution is 14.0. The van der Waals surface area contributed by atoms with Gasteiger partial charge in [0.2, 0.25) is 0 Å². The van der Waals surface area contributed by atoms with Gasteiger partial charge in [-0.2, -0.15) is 0 Å². The fourth-order valence-corrected chi connectivity index (χ4v) is 3.65. The maximum atomic E-state index is 5.64. The van der Waals surface area contributed by atoms with Gasteiger partial charge in [-0.05, 0) is 37.1 Å². The predicted octanol–water partition coefficient (Wildman–Crippen LogP) is 4.12. The van der Waals surface area contributed by atoms with Crippen LogP contribution in [0.4, 0.5) is 5.69 Å². The summed E-state index contributed by atoms with van der Waals surface area (Å²) in [6, 6.07) is 14.4. The summed E-state index contributed by atoms with van der Waals surface area (Å²) in [5, 5.41) is 6.69. The molecule has 1 atom stereocenters. The molecule has 32 heavy (non-hydrogen) atoms. The molecule has 0 amide bonds. The maximum absolute atomic E-state index is 5.64. The molecule has 1 saturated heterocycles. The van der Waals surface area contributed by atoms with Gasteiger partial charge in [-0.1, -0.05) is 24.3 Å². The van der Waals surface area contributed by atoms with Gasteiger partial charge in [-0.15, -0.1) is 24.0 Å². The third-order valence-electron chi connectivity index (χ3n) is 5.13. The lowest BCUT2D eigenvalue weighted by Gasteiger charge is -2.31. The molecule has 1 aliphatic heterocycles. The number of ether oxygens (including phenoxy) is 3. The van der Waals surface area contributed by atoms with Crippen LogP contribution in [0.1, 0.15) is 25.0 Å². The van der Waals surface area contributed by atoms with E-state index in [1.807, 2.05) is 25.1 Å². The summed E-state index contributed by atoms with van der Waals surface area (Å²) in [6.07, 6.45) is 0.300. The Balaban J connectivity index is 0.00000363. The number of guanidine groups is 1. The normalized spacial score (nSPS) is 16.8. The van der Waals surface area contributed by atoms with Crippen molar-refractivity contribution >= 4 is 35.6 Å². The highest BCUT2D eigenvalue weighted by Gasteiger charge is 2.16. The molecule has 176 valence electrons. The van der Waals surface area contributed by atoms with Crippen molar-refractivity contribution in [2.75, 3.05) is 45.8 Å². The van der Waals surface area contributed by atoms with Gasteiger partial charge in [-0.3, -0.25) is 9.89 Å². The predicted molar refractivity (Wildman–Crippen MR) is 141 cm³/mol. The summed E-state index contributed by atoms with van der Waals surface area (Å²) in [4.78, 5) is 6.78. The number of rotatable bonds is 8. The molecule has 0 saturated carbocycles. The second-order valence-electron chi connectivity index (χ2n) is 7.59. The number of nitrogens with one attached hydrogen (secondary N) is 2. The zero-order valence-corrected chi connectivity index (χ0v) is 21.7. The Morgan fingerprint density at radius 3 is 2.72 bits per heavy atom. The minimum Gasteiger partial charge on any atom is -0.493 e. The van der Waals surface area contributed by atoms with E-state index in [0.717, 1.165) is 37.7 Å². The third-order valence-corrected chi connectivity index (χ3v) is 5.13. The number of aliphatic imine (C=N–C) groups is 1. The number of halogens is 1. The largest absolute Gasteiger partial charge is 0.493 e. The van der Waals surface area contributed by atoms with Gasteiger partial charge in [0.25, 0.3) is 0 Å². The Labute approximate surface area is 208 Å². The van der Waals surface area contributed by atoms with Crippen molar-refractivity contribution < 1.29 is 14.2 Å². The summed E-state index contributed by atoms with van der Waals surface area (Å²) in [5.74, 6) is 2.11. The average molecular weight is 554 g/mol. The number of morpholine rings is 1. The van der Waals surface area contributed by atoms with Gasteiger partial charge in [0.05, 0.1) is 26.4 Å². The summed E-state index contributed by atoms with van der Waals surface area (Å²) < 4.78 is 16.7. The lowest BCUT2D eigenvalue weighted by Crippen LogP contribution is -2.40. The first-order chi connectivity index (χ1) is 15.1. The topological polar surface area (TPSA) is 67.4 Å². The molecule has 8 heteroatoms. The minimum atomic E-state index is 0. The molecule has 1 aliphatic rings. The van der Waals surface area contributed by atoms with Crippen molar-refractivity contribution in [2.45, 2.75) is 33.0 Å². The molecule has 2 aromatic carbocycles. The molecule has 1 fully saturated rings. The van der Waals surface area contributed by atoms with Gasteiger partial charge in [0.15, 0.2) is 17.5 Å². The highest BCUT2D eigenvalue weighted by atomic mass is 127. The molecule has 0 aromatic heterocycles. The van der Waals surface area contributed by atoms with Crippen molar-refractivity contribution in [3.05, 3.63) is 53.6 Å². The minimum absolute atomic E-state index is 0. The molecule has 7 nitrogen and oxygen atoms in total. The molecule has 0 bridgehead atoms. The lowest BCUT2D eigenvalue weighted by atomic mass is 10.1. The van der Waals surface area contributed by atoms with Gasteiger partial charge >= 0.3 is 0 Å². The molecule has 0 spiro atoms. The Hall–Kier alpha value is -2.04. The smallest absolute Gasteiger partial charge is 0.195 e. The third kappa shape index (κ3) is 7.83. The van der Waals surface area contributed by atoms with Gasteiger partial charge in [-0.25, -0.2) is 0 Å². The molecule has 2 N–H and O–H groups in total. The van der Waals surface area contributed by atoms with Gasteiger partial charge < -0.3 is 24.8 Å². The molecular weight excluding hydrogens is 519 g/mol. The first-order valence-corrected chi connectivity index (χ1v) is 10.8. The van der Waals surface area contributed by atoms with Crippen LogP contribution in [0.2, 0.25) is 0 Å². The summed E-state index contributed by atoms with van der Waals surface area (Å²) in [5.41, 5.74) is 3.40. The first-order valence-electron chi connectivity index (χ1n) is 10.8. The number of nitrogens with zero attached hydrogens (tertiary/aromatic N) is 2. The molecule has 1 heterocycles. The van der Waals surface area contributed by atoms with Crippen LogP contribution in [0, 0.1) is 0 Å². The fourth-order valence-electron chi connectivity index (χ4n) is 3.65. The number of benzene rings is 2. The van der Waals surface area contributed by atoms with Crippen molar-refractivity contribution in [3.8, 4) is 11.5 Å². The van der Waals surface area contributed by atoms with Gasteiger partial charge in [0.1, 0.15) is 0 Å². The number of hydrogen-bond donors (Lipinski definition) is 2. The fraction of sp³-hybridized carbons (Fsp3) is 0.458. The summed E-state index contributed by atoms with van der Waals surface area (Å²) >= 11 is 0. The van der Waals surface area contributed by atoms with E-state index in [2.05, 4.69) is 51.7 Å². The van der Waals surface area contributed by atoms with E-state index in [0.29, 0.717) is 31.0 Å². The Bertz CT molecular complexity index is 878. The van der Waals surface area contributed by atoms with E-state index in [9.17, 15) is 0 Å². The molecule has 3 rings (SSSR count). The highest BCUT2D eigenvalue weighted by Crippen LogP contribution is 2.30. The maximum Gasteiger partial charge on any atom is 0.195 e. The van der Waals surface area contributed by atoms with Crippen LogP contribution in [-0.4, -0.2) is 57.4 Å². The quantitative estimate of drug-likeness (QED) is 0.291. The van der Waals surface area contributed by atoms with Crippen molar-refractivity contribution in [2.24, 2.45) is 4.99 Å². The number of methoxy groups -OCH3 is 1. The van der Waals surface area contributed by atoms with E-state index in [1.165, 1.54) is 11.1 Å². The Morgan fingerprint density at radius 2 is 2.00 bits per heavy atom. The van der Waals surface area contributed by atoms with Crippen LogP contribution < -0.4 is 20.1 Å². The van der Waals surface area contributed by atoms with Crippen molar-refractivity contribution in [3.63, 3.8) is 0 Å². The second kappa shape index (κ2) is 13.5. The van der Waals surface area contributed by atoms with Crippen molar-refractivity contribution in [1.82, 2.24) is 10.2 Å². The second-order valence-corrected chi connectivity index (χ2v) is 7.59. The van der Waals surface area contributed by atoms with E-state index in [4.69, 9.17) is 14.2 Å². The molecule has 0 radical (unpaired) electrons. The van der Waals surface area contributed by atoms with Crippen LogP contribution >= 0.6 is 24.0 Å². The lowest BCUT2D eigenvalue weighted by molar-refractivity contribution is -0.0212. The first kappa shape index (κ1) is 26.2. The van der Waals surface area contributed by atoms with Crippen molar-refractivity contribution in [1.29, 1.82) is 0 Å². The van der Waals surface area contributed by atoms with E-state index < -0.39 is 0 Å². The standard InChI is InChI=1S/C24H34N4O3.HI/c1-5-30-22-10-9-21(14-23(22)29-4)27-24(25-3)26-15-19-7-6-8-20(13-19)17-28-11-12-31-18(2)16-28;/h6-10,13-14,18H,5,11-12,15-17H2,1-4H3,(H2,25,26,27);1H. The van der Waals surface area contributed by atoms with E-state index in [-0.39, 0.29) is 24.0 Å². The van der Waals surface area contributed by atoms with E-state index in [1.54, 1.807) is 14.2 Å². The SMILES string of the molecule is CCOc1ccc(NC(=NC)NCc2cccc(CN3CCOC(C)C3)c2)cc1OC.I. The van der Waals surface area contributed by atoms with Crippen LogP contribution in [0.15, 0.2) is 47.5 Å². The van der Waals surface area contributed by atoms with E-state index >= 15 is 0 Å². The molecule has 0 aliphatic carbocycles. The Kier molecular flexibility index (Phi) is 11.1. The molecular formula is C24H35IN4O3. The van der Waals surface area contributed by atoms with Crippen LogP contribution in [0.5, 0.6) is 11.5 Å². The van der Waals surface area contributed by atoms with Crippen LogP contribution in [0.25, 0.3) is 0 Å². The zero-order chi connectivity index (χ0) is 22.1. The summed E-state index contributed by atoms with van der Waals surface area (Å²) in [7, 11) is 3.40. The summed E-state index contributed by atoms with van der Waals surface area (Å²) in [6.45, 7) is 9.07.